The normalized spacial score (nSPS) is 38.4. The second-order valence-corrected chi connectivity index (χ2v) is 7.29. The number of aromatic hydroxyl groups is 1. The summed E-state index contributed by atoms with van der Waals surface area (Å²) in [6, 6.07) is 6.00. The number of hydrogen-bond acceptors (Lipinski definition) is 2. The van der Waals surface area contributed by atoms with Crippen LogP contribution in [-0.2, 0) is 6.54 Å². The van der Waals surface area contributed by atoms with Crippen LogP contribution in [0.25, 0.3) is 0 Å². The standard InChI is InChI=1S/C17H22ClNO/c18-15-5-2-6-17(20)14(15)9-19-16-8-10-7-13(16)12-4-1-3-11(10)12/h2,5-6,10-13,16,19-20H,1,3-4,7-9H2. The van der Waals surface area contributed by atoms with E-state index < -0.39 is 0 Å². The summed E-state index contributed by atoms with van der Waals surface area (Å²) in [5.41, 5.74) is 0.847. The van der Waals surface area contributed by atoms with E-state index in [1.165, 1.54) is 32.1 Å². The minimum atomic E-state index is 0.312. The number of hydrogen-bond donors (Lipinski definition) is 2. The van der Waals surface area contributed by atoms with Crippen molar-refractivity contribution in [2.75, 3.05) is 0 Å². The first-order valence-corrected chi connectivity index (χ1v) is 8.31. The van der Waals surface area contributed by atoms with Crippen molar-refractivity contribution in [3.8, 4) is 5.75 Å². The summed E-state index contributed by atoms with van der Waals surface area (Å²) in [5.74, 6) is 4.16. The molecule has 5 unspecified atom stereocenters. The molecule has 0 saturated heterocycles. The van der Waals surface area contributed by atoms with Gasteiger partial charge in [-0.2, -0.15) is 0 Å². The van der Waals surface area contributed by atoms with Gasteiger partial charge in [0.05, 0.1) is 0 Å². The van der Waals surface area contributed by atoms with Crippen LogP contribution < -0.4 is 5.32 Å². The Balaban J connectivity index is 1.44. The Kier molecular flexibility index (Phi) is 3.19. The summed E-state index contributed by atoms with van der Waals surface area (Å²) < 4.78 is 0. The van der Waals surface area contributed by atoms with Crippen molar-refractivity contribution >= 4 is 11.6 Å². The number of phenols is 1. The van der Waals surface area contributed by atoms with Crippen LogP contribution in [0.2, 0.25) is 5.02 Å². The molecule has 3 aliphatic rings. The zero-order valence-corrected chi connectivity index (χ0v) is 12.4. The van der Waals surface area contributed by atoms with Crippen LogP contribution in [0.15, 0.2) is 18.2 Å². The Hall–Kier alpha value is -0.730. The van der Waals surface area contributed by atoms with Gasteiger partial charge in [0.25, 0.3) is 0 Å². The number of phenolic OH excluding ortho intramolecular Hbond substituents is 1. The smallest absolute Gasteiger partial charge is 0.121 e. The van der Waals surface area contributed by atoms with E-state index in [-0.39, 0.29) is 0 Å². The summed E-state index contributed by atoms with van der Waals surface area (Å²) >= 11 is 6.18. The fraction of sp³-hybridized carbons (Fsp3) is 0.647. The first-order valence-electron chi connectivity index (χ1n) is 7.94. The van der Waals surface area contributed by atoms with Crippen LogP contribution in [0.4, 0.5) is 0 Å². The number of rotatable bonds is 3. The molecule has 2 bridgehead atoms. The van der Waals surface area contributed by atoms with Crippen LogP contribution in [0.5, 0.6) is 5.75 Å². The van der Waals surface area contributed by atoms with Gasteiger partial charge in [0.15, 0.2) is 0 Å². The fourth-order valence-corrected chi connectivity index (χ4v) is 5.49. The van der Waals surface area contributed by atoms with Gasteiger partial charge in [0.1, 0.15) is 5.75 Å². The van der Waals surface area contributed by atoms with Crippen molar-refractivity contribution in [3.63, 3.8) is 0 Å². The summed E-state index contributed by atoms with van der Waals surface area (Å²) in [6.07, 6.45) is 7.13. The zero-order chi connectivity index (χ0) is 13.7. The molecule has 3 heteroatoms. The zero-order valence-electron chi connectivity index (χ0n) is 11.7. The van der Waals surface area contributed by atoms with Gasteiger partial charge in [-0.05, 0) is 61.5 Å². The molecule has 3 fully saturated rings. The van der Waals surface area contributed by atoms with Crippen molar-refractivity contribution in [1.82, 2.24) is 5.32 Å². The van der Waals surface area contributed by atoms with E-state index in [0.717, 1.165) is 29.2 Å². The lowest BCUT2D eigenvalue weighted by molar-refractivity contribution is 0.207. The van der Waals surface area contributed by atoms with Gasteiger partial charge >= 0.3 is 0 Å². The molecule has 5 atom stereocenters. The van der Waals surface area contributed by atoms with E-state index in [1.54, 1.807) is 12.1 Å². The Labute approximate surface area is 125 Å². The molecule has 20 heavy (non-hydrogen) atoms. The van der Waals surface area contributed by atoms with Crippen molar-refractivity contribution in [3.05, 3.63) is 28.8 Å². The largest absolute Gasteiger partial charge is 0.508 e. The maximum Gasteiger partial charge on any atom is 0.121 e. The third-order valence-corrected chi connectivity index (χ3v) is 6.42. The van der Waals surface area contributed by atoms with Gasteiger partial charge in [-0.15, -0.1) is 0 Å². The van der Waals surface area contributed by atoms with Crippen LogP contribution in [0, 0.1) is 23.7 Å². The minimum absolute atomic E-state index is 0.312. The van der Waals surface area contributed by atoms with E-state index in [9.17, 15) is 5.11 Å². The maximum atomic E-state index is 9.92. The monoisotopic (exact) mass is 291 g/mol. The third-order valence-electron chi connectivity index (χ3n) is 6.06. The number of halogens is 1. The van der Waals surface area contributed by atoms with Crippen LogP contribution in [0.1, 0.15) is 37.7 Å². The molecule has 2 N–H and O–H groups in total. The Morgan fingerprint density at radius 1 is 1.15 bits per heavy atom. The molecule has 2 nitrogen and oxygen atoms in total. The SMILES string of the molecule is Oc1cccc(Cl)c1CNC1CC2CC1C1CCCC21. The Morgan fingerprint density at radius 3 is 2.85 bits per heavy atom. The quantitative estimate of drug-likeness (QED) is 0.883. The van der Waals surface area contributed by atoms with Gasteiger partial charge in [-0.3, -0.25) is 0 Å². The number of fused-ring (bicyclic) bond motifs is 5. The van der Waals surface area contributed by atoms with E-state index in [4.69, 9.17) is 11.6 Å². The summed E-state index contributed by atoms with van der Waals surface area (Å²) in [7, 11) is 0. The van der Waals surface area contributed by atoms with Crippen molar-refractivity contribution in [2.45, 2.75) is 44.7 Å². The summed E-state index contributed by atoms with van der Waals surface area (Å²) in [5, 5.41) is 14.3. The lowest BCUT2D eigenvalue weighted by atomic mass is 9.79. The highest BCUT2D eigenvalue weighted by molar-refractivity contribution is 6.31. The minimum Gasteiger partial charge on any atom is -0.508 e. The molecular formula is C17H22ClNO. The molecule has 0 spiro atoms. The molecule has 1 aromatic carbocycles. The highest BCUT2D eigenvalue weighted by Crippen LogP contribution is 2.58. The first-order chi connectivity index (χ1) is 9.74. The molecular weight excluding hydrogens is 270 g/mol. The van der Waals surface area contributed by atoms with E-state index >= 15 is 0 Å². The van der Waals surface area contributed by atoms with Crippen LogP contribution >= 0.6 is 11.6 Å². The fourth-order valence-electron chi connectivity index (χ4n) is 5.26. The molecule has 0 aliphatic heterocycles. The lowest BCUT2D eigenvalue weighted by Gasteiger charge is -2.32. The highest BCUT2D eigenvalue weighted by atomic mass is 35.5. The molecule has 3 saturated carbocycles. The van der Waals surface area contributed by atoms with E-state index in [0.29, 0.717) is 23.4 Å². The Bertz CT molecular complexity index is 497. The first kappa shape index (κ1) is 13.0. The van der Waals surface area contributed by atoms with E-state index in [1.807, 2.05) is 6.07 Å². The molecule has 0 heterocycles. The van der Waals surface area contributed by atoms with Gasteiger partial charge in [0.2, 0.25) is 0 Å². The van der Waals surface area contributed by atoms with Gasteiger partial charge < -0.3 is 10.4 Å². The highest BCUT2D eigenvalue weighted by Gasteiger charge is 2.53. The third kappa shape index (κ3) is 1.96. The second kappa shape index (κ2) is 4.92. The molecule has 0 radical (unpaired) electrons. The summed E-state index contributed by atoms with van der Waals surface area (Å²) in [4.78, 5) is 0. The van der Waals surface area contributed by atoms with Crippen molar-refractivity contribution < 1.29 is 5.11 Å². The van der Waals surface area contributed by atoms with Gasteiger partial charge in [-0.1, -0.05) is 24.1 Å². The van der Waals surface area contributed by atoms with Crippen LogP contribution in [0.3, 0.4) is 0 Å². The summed E-state index contributed by atoms with van der Waals surface area (Å²) in [6.45, 7) is 0.691. The van der Waals surface area contributed by atoms with Gasteiger partial charge in [-0.25, -0.2) is 0 Å². The molecule has 0 amide bonds. The van der Waals surface area contributed by atoms with Gasteiger partial charge in [0, 0.05) is 23.2 Å². The number of benzene rings is 1. The lowest BCUT2D eigenvalue weighted by Crippen LogP contribution is -2.38. The Morgan fingerprint density at radius 2 is 2.00 bits per heavy atom. The van der Waals surface area contributed by atoms with E-state index in [2.05, 4.69) is 5.32 Å². The number of nitrogens with one attached hydrogen (secondary N) is 1. The van der Waals surface area contributed by atoms with Crippen LogP contribution in [-0.4, -0.2) is 11.1 Å². The predicted octanol–water partition coefficient (Wildman–Crippen LogP) is 3.96. The topological polar surface area (TPSA) is 32.3 Å². The second-order valence-electron chi connectivity index (χ2n) is 6.88. The molecule has 3 aliphatic carbocycles. The van der Waals surface area contributed by atoms with Crippen molar-refractivity contribution in [2.24, 2.45) is 23.7 Å². The molecule has 108 valence electrons. The molecule has 1 aromatic rings. The average molecular weight is 292 g/mol. The average Bonchev–Trinajstić information content (AvgIpc) is 3.10. The molecule has 4 rings (SSSR count). The van der Waals surface area contributed by atoms with Crippen molar-refractivity contribution in [1.29, 1.82) is 0 Å². The maximum absolute atomic E-state index is 9.92. The predicted molar refractivity (Wildman–Crippen MR) is 80.8 cm³/mol. The molecule has 0 aromatic heterocycles.